The second kappa shape index (κ2) is 20.8. The quantitative estimate of drug-likeness (QED) is 0.0642. The fourth-order valence-electron chi connectivity index (χ4n) is 2.84. The van der Waals surface area contributed by atoms with Gasteiger partial charge < -0.3 is 9.47 Å². The van der Waals surface area contributed by atoms with Gasteiger partial charge in [-0.3, -0.25) is 14.3 Å². The molecular formula is C25H42NO7PS2. The van der Waals surface area contributed by atoms with Crippen LogP contribution >= 0.6 is 31.7 Å². The highest BCUT2D eigenvalue weighted by atomic mass is 32.2. The van der Waals surface area contributed by atoms with E-state index in [0.717, 1.165) is 85.9 Å². The zero-order valence-corrected chi connectivity index (χ0v) is 24.4. The van der Waals surface area contributed by atoms with E-state index in [4.69, 9.17) is 17.4 Å². The molecule has 0 aromatic heterocycles. The minimum absolute atomic E-state index is 0.0185. The Labute approximate surface area is 225 Å². The van der Waals surface area contributed by atoms with E-state index in [9.17, 15) is 14.2 Å². The molecule has 11 heteroatoms. The van der Waals surface area contributed by atoms with Gasteiger partial charge in [0.25, 0.3) is 0 Å². The summed E-state index contributed by atoms with van der Waals surface area (Å²) in [7, 11) is -3.77. The van der Waals surface area contributed by atoms with Gasteiger partial charge in [-0.05, 0) is 24.8 Å². The molecule has 0 spiro atoms. The standard InChI is InChI=1S/C25H42NO7PS2/c1-4-7-13-18-35-32-34(29,33-36-19-14-8-5-2)22-26(20-24(27)30-17-9-6-3)25(28)31-21-23-15-11-10-12-16-23/h10-12,15-16H,4-9,13-14,17-22H2,1-3H3. The molecule has 36 heavy (non-hydrogen) atoms. The van der Waals surface area contributed by atoms with Crippen molar-refractivity contribution in [3.8, 4) is 0 Å². The van der Waals surface area contributed by atoms with Crippen LogP contribution in [0.1, 0.15) is 77.7 Å². The van der Waals surface area contributed by atoms with Crippen molar-refractivity contribution in [3.63, 3.8) is 0 Å². The van der Waals surface area contributed by atoms with Crippen LogP contribution in [0.3, 0.4) is 0 Å². The Hall–Kier alpha value is -1.19. The molecule has 0 saturated carbocycles. The molecule has 1 amide bonds. The molecule has 0 atom stereocenters. The molecule has 8 nitrogen and oxygen atoms in total. The van der Waals surface area contributed by atoms with Crippen molar-refractivity contribution in [1.82, 2.24) is 4.90 Å². The highest BCUT2D eigenvalue weighted by Gasteiger charge is 2.34. The molecule has 1 rings (SSSR count). The van der Waals surface area contributed by atoms with Gasteiger partial charge in [-0.1, -0.05) is 83.2 Å². The first kappa shape index (κ1) is 32.8. The Kier molecular flexibility index (Phi) is 19.0. The molecule has 0 N–H and O–H groups in total. The highest BCUT2D eigenvalue weighted by Crippen LogP contribution is 2.55. The van der Waals surface area contributed by atoms with Crippen molar-refractivity contribution in [1.29, 1.82) is 0 Å². The number of hydrogen-bond donors (Lipinski definition) is 0. The molecule has 0 aliphatic rings. The maximum absolute atomic E-state index is 13.6. The lowest BCUT2D eigenvalue weighted by Crippen LogP contribution is -2.37. The molecule has 0 unspecified atom stereocenters. The lowest BCUT2D eigenvalue weighted by atomic mass is 10.2. The molecule has 1 aromatic carbocycles. The Bertz CT molecular complexity index is 752. The fourth-order valence-corrected chi connectivity index (χ4v) is 6.70. The topological polar surface area (TPSA) is 91.4 Å². The zero-order valence-electron chi connectivity index (χ0n) is 21.9. The van der Waals surface area contributed by atoms with Crippen LogP contribution in [0.5, 0.6) is 0 Å². The van der Waals surface area contributed by atoms with Gasteiger partial charge in [0.2, 0.25) is 0 Å². The first-order chi connectivity index (χ1) is 17.4. The van der Waals surface area contributed by atoms with Crippen molar-refractivity contribution in [2.24, 2.45) is 0 Å². The average Bonchev–Trinajstić information content (AvgIpc) is 2.87. The minimum atomic E-state index is -3.77. The van der Waals surface area contributed by atoms with Crippen LogP contribution in [-0.2, 0) is 33.4 Å². The van der Waals surface area contributed by atoms with Crippen LogP contribution in [0.4, 0.5) is 4.79 Å². The molecule has 0 radical (unpaired) electrons. The largest absolute Gasteiger partial charge is 0.464 e. The van der Waals surface area contributed by atoms with Gasteiger partial charge in [-0.15, -0.1) is 0 Å². The van der Waals surface area contributed by atoms with Gasteiger partial charge >= 0.3 is 19.7 Å². The number of rotatable bonds is 21. The maximum atomic E-state index is 13.6. The number of carbonyl (C=O) groups is 2. The number of amides is 1. The molecule has 0 fully saturated rings. The van der Waals surface area contributed by atoms with Crippen molar-refractivity contribution >= 4 is 43.7 Å². The molecular weight excluding hydrogens is 521 g/mol. The number of carbonyl (C=O) groups excluding carboxylic acids is 2. The molecule has 0 saturated heterocycles. The van der Waals surface area contributed by atoms with Crippen molar-refractivity contribution in [2.45, 2.75) is 78.7 Å². The van der Waals surface area contributed by atoms with E-state index in [1.165, 1.54) is 0 Å². The lowest BCUT2D eigenvalue weighted by molar-refractivity contribution is -0.144. The van der Waals surface area contributed by atoms with E-state index < -0.39 is 32.5 Å². The van der Waals surface area contributed by atoms with E-state index in [1.54, 1.807) is 0 Å². The molecule has 0 heterocycles. The zero-order chi connectivity index (χ0) is 26.5. The second-order valence-corrected chi connectivity index (χ2v) is 12.3. The van der Waals surface area contributed by atoms with Crippen molar-refractivity contribution in [2.75, 3.05) is 30.9 Å². The van der Waals surface area contributed by atoms with Crippen LogP contribution in [0.25, 0.3) is 0 Å². The Morgan fingerprint density at radius 1 is 0.833 bits per heavy atom. The third kappa shape index (κ3) is 15.8. The number of nitrogens with zero attached hydrogens (tertiary/aromatic N) is 1. The van der Waals surface area contributed by atoms with Gasteiger partial charge in [0.15, 0.2) is 0 Å². The van der Waals surface area contributed by atoms with E-state index in [0.29, 0.717) is 11.5 Å². The maximum Gasteiger partial charge on any atom is 0.411 e. The molecule has 1 aromatic rings. The van der Waals surface area contributed by atoms with Gasteiger partial charge in [0.05, 0.1) is 6.61 Å². The summed E-state index contributed by atoms with van der Waals surface area (Å²) in [5.74, 6) is 0.705. The Morgan fingerprint density at radius 3 is 1.97 bits per heavy atom. The van der Waals surface area contributed by atoms with Crippen LogP contribution < -0.4 is 0 Å². The number of ether oxygens (including phenoxy) is 2. The van der Waals surface area contributed by atoms with Gasteiger partial charge in [0.1, 0.15) is 19.4 Å². The molecule has 0 aliphatic heterocycles. The first-order valence-electron chi connectivity index (χ1n) is 12.8. The lowest BCUT2D eigenvalue weighted by Gasteiger charge is -2.25. The number of benzene rings is 1. The molecule has 206 valence electrons. The first-order valence-corrected chi connectivity index (χ1v) is 16.3. The van der Waals surface area contributed by atoms with Gasteiger partial charge in [0, 0.05) is 35.6 Å². The predicted molar refractivity (Wildman–Crippen MR) is 148 cm³/mol. The fraction of sp³-hybridized carbons (Fsp3) is 0.680. The van der Waals surface area contributed by atoms with E-state index in [2.05, 4.69) is 13.8 Å². The van der Waals surface area contributed by atoms with Crippen LogP contribution in [0.15, 0.2) is 30.3 Å². The van der Waals surface area contributed by atoms with Crippen LogP contribution in [0, 0.1) is 0 Å². The Morgan fingerprint density at radius 2 is 1.42 bits per heavy atom. The van der Waals surface area contributed by atoms with E-state index in [-0.39, 0.29) is 13.2 Å². The summed E-state index contributed by atoms with van der Waals surface area (Å²) < 4.78 is 35.5. The van der Waals surface area contributed by atoms with E-state index in [1.807, 2.05) is 37.3 Å². The van der Waals surface area contributed by atoms with Crippen LogP contribution in [0.2, 0.25) is 0 Å². The second-order valence-electron chi connectivity index (χ2n) is 8.27. The SMILES string of the molecule is CCCCCSOP(=O)(CN(CC(=O)OCCCC)C(=O)OCc1ccccc1)OSCCCCC. The minimum Gasteiger partial charge on any atom is -0.464 e. The predicted octanol–water partition coefficient (Wildman–Crippen LogP) is 7.83. The summed E-state index contributed by atoms with van der Waals surface area (Å²) in [5.41, 5.74) is 0.796. The van der Waals surface area contributed by atoms with E-state index >= 15 is 0 Å². The number of hydrogen-bond acceptors (Lipinski definition) is 9. The summed E-state index contributed by atoms with van der Waals surface area (Å²) in [6.07, 6.45) is 6.41. The summed E-state index contributed by atoms with van der Waals surface area (Å²) in [4.78, 5) is 26.4. The van der Waals surface area contributed by atoms with Crippen LogP contribution in [-0.4, -0.2) is 47.9 Å². The molecule has 0 aliphatic carbocycles. The van der Waals surface area contributed by atoms with Crippen molar-refractivity contribution in [3.05, 3.63) is 35.9 Å². The van der Waals surface area contributed by atoms with Gasteiger partial charge in [-0.2, -0.15) is 0 Å². The number of unbranched alkanes of at least 4 members (excludes halogenated alkanes) is 5. The summed E-state index contributed by atoms with van der Waals surface area (Å²) in [6, 6.07) is 9.20. The summed E-state index contributed by atoms with van der Waals surface area (Å²) >= 11 is 2.14. The highest BCUT2D eigenvalue weighted by molar-refractivity contribution is 8.01. The normalized spacial score (nSPS) is 11.3. The third-order valence-electron chi connectivity index (χ3n) is 4.88. The third-order valence-corrected chi connectivity index (χ3v) is 9.14. The Balaban J connectivity index is 2.88. The summed E-state index contributed by atoms with van der Waals surface area (Å²) in [5, 5.41) is 0. The smallest absolute Gasteiger partial charge is 0.411 e. The number of esters is 1. The molecule has 0 bridgehead atoms. The van der Waals surface area contributed by atoms with Gasteiger partial charge in [-0.25, -0.2) is 12.7 Å². The summed E-state index contributed by atoms with van der Waals surface area (Å²) in [6.45, 7) is 6.06. The monoisotopic (exact) mass is 563 g/mol. The average molecular weight is 564 g/mol. The van der Waals surface area contributed by atoms with Crippen molar-refractivity contribution < 1.29 is 31.6 Å².